The molecular formula is C15H26N2O3S. The lowest BCUT2D eigenvalue weighted by molar-refractivity contribution is 0.128. The van der Waals surface area contributed by atoms with Gasteiger partial charge < -0.3 is 10.5 Å². The van der Waals surface area contributed by atoms with Crippen molar-refractivity contribution in [2.24, 2.45) is 5.92 Å². The summed E-state index contributed by atoms with van der Waals surface area (Å²) >= 11 is 0. The summed E-state index contributed by atoms with van der Waals surface area (Å²) in [5, 5.41) is 0. The van der Waals surface area contributed by atoms with Crippen LogP contribution in [0, 0.1) is 19.8 Å². The molecule has 0 spiro atoms. The normalized spacial score (nSPS) is 12.0. The highest BCUT2D eigenvalue weighted by molar-refractivity contribution is 7.89. The molecule has 0 saturated carbocycles. The minimum Gasteiger partial charge on any atom is -0.398 e. The average molecular weight is 314 g/mol. The van der Waals surface area contributed by atoms with Gasteiger partial charge in [0.15, 0.2) is 0 Å². The monoisotopic (exact) mass is 314 g/mol. The molecule has 0 saturated heterocycles. The Kier molecular flexibility index (Phi) is 6.64. The third-order valence-corrected chi connectivity index (χ3v) is 5.04. The summed E-state index contributed by atoms with van der Waals surface area (Å²) in [5.41, 5.74) is 7.55. The molecule has 0 atom stereocenters. The second-order valence-corrected chi connectivity index (χ2v) is 7.32. The quantitative estimate of drug-likeness (QED) is 0.569. The summed E-state index contributed by atoms with van der Waals surface area (Å²) in [6.07, 6.45) is 0.972. The minimum absolute atomic E-state index is 0.258. The highest BCUT2D eigenvalue weighted by Crippen LogP contribution is 2.24. The van der Waals surface area contributed by atoms with Crippen LogP contribution in [0.4, 0.5) is 5.69 Å². The van der Waals surface area contributed by atoms with E-state index in [0.717, 1.165) is 6.42 Å². The van der Waals surface area contributed by atoms with Crippen LogP contribution in [0.5, 0.6) is 0 Å². The van der Waals surface area contributed by atoms with Gasteiger partial charge in [-0.05, 0) is 43.4 Å². The van der Waals surface area contributed by atoms with E-state index in [1.165, 1.54) is 0 Å². The lowest BCUT2D eigenvalue weighted by Crippen LogP contribution is -2.29. The number of nitrogen functional groups attached to an aromatic ring is 1. The molecule has 1 rings (SSSR count). The first kappa shape index (κ1) is 17.9. The van der Waals surface area contributed by atoms with Crippen molar-refractivity contribution in [2.45, 2.75) is 39.0 Å². The zero-order valence-corrected chi connectivity index (χ0v) is 14.1. The van der Waals surface area contributed by atoms with E-state index in [9.17, 15) is 8.42 Å². The van der Waals surface area contributed by atoms with Gasteiger partial charge in [0.25, 0.3) is 0 Å². The van der Waals surface area contributed by atoms with Crippen LogP contribution in [-0.2, 0) is 14.8 Å². The maximum absolute atomic E-state index is 12.3. The van der Waals surface area contributed by atoms with Crippen LogP contribution in [0.25, 0.3) is 0 Å². The van der Waals surface area contributed by atoms with E-state index in [4.69, 9.17) is 10.5 Å². The molecular weight excluding hydrogens is 288 g/mol. The number of sulfonamides is 1. The molecule has 0 heterocycles. The van der Waals surface area contributed by atoms with Crippen molar-refractivity contribution in [3.8, 4) is 0 Å². The number of hydrogen-bond donors (Lipinski definition) is 2. The SMILES string of the molecule is Cc1ccc(N)c(C)c1S(=O)(=O)NCCOCCC(C)C. The minimum atomic E-state index is -3.56. The summed E-state index contributed by atoms with van der Waals surface area (Å²) in [6, 6.07) is 3.44. The maximum Gasteiger partial charge on any atom is 0.241 e. The van der Waals surface area contributed by atoms with E-state index >= 15 is 0 Å². The van der Waals surface area contributed by atoms with Gasteiger partial charge in [-0.3, -0.25) is 0 Å². The molecule has 5 nitrogen and oxygen atoms in total. The van der Waals surface area contributed by atoms with Crippen molar-refractivity contribution in [2.75, 3.05) is 25.5 Å². The molecule has 0 aliphatic heterocycles. The predicted octanol–water partition coefficient (Wildman–Crippen LogP) is 2.23. The van der Waals surface area contributed by atoms with E-state index < -0.39 is 10.0 Å². The van der Waals surface area contributed by atoms with Gasteiger partial charge in [0.05, 0.1) is 11.5 Å². The molecule has 6 heteroatoms. The van der Waals surface area contributed by atoms with E-state index in [0.29, 0.717) is 35.9 Å². The van der Waals surface area contributed by atoms with Gasteiger partial charge in [-0.25, -0.2) is 13.1 Å². The largest absolute Gasteiger partial charge is 0.398 e. The van der Waals surface area contributed by atoms with Crippen LogP contribution in [0.15, 0.2) is 17.0 Å². The van der Waals surface area contributed by atoms with Gasteiger partial charge in [0.2, 0.25) is 10.0 Å². The Bertz CT molecular complexity index is 569. The van der Waals surface area contributed by atoms with Gasteiger partial charge in [0.1, 0.15) is 0 Å². The molecule has 0 fully saturated rings. The predicted molar refractivity (Wildman–Crippen MR) is 85.8 cm³/mol. The summed E-state index contributed by atoms with van der Waals surface area (Å²) < 4.78 is 32.7. The zero-order chi connectivity index (χ0) is 16.0. The number of benzene rings is 1. The Morgan fingerprint density at radius 3 is 2.52 bits per heavy atom. The second kappa shape index (κ2) is 7.77. The molecule has 0 unspecified atom stereocenters. The smallest absolute Gasteiger partial charge is 0.241 e. The number of hydrogen-bond acceptors (Lipinski definition) is 4. The first-order valence-corrected chi connectivity index (χ1v) is 8.67. The van der Waals surface area contributed by atoms with Crippen molar-refractivity contribution in [1.29, 1.82) is 0 Å². The topological polar surface area (TPSA) is 81.4 Å². The van der Waals surface area contributed by atoms with Crippen LogP contribution in [0.3, 0.4) is 0 Å². The first-order chi connectivity index (χ1) is 9.75. The van der Waals surface area contributed by atoms with Gasteiger partial charge in [-0.1, -0.05) is 19.9 Å². The molecule has 0 aliphatic carbocycles. The first-order valence-electron chi connectivity index (χ1n) is 7.18. The summed E-state index contributed by atoms with van der Waals surface area (Å²) in [4.78, 5) is 0.268. The van der Waals surface area contributed by atoms with E-state index in [1.807, 2.05) is 0 Å². The zero-order valence-electron chi connectivity index (χ0n) is 13.3. The van der Waals surface area contributed by atoms with Gasteiger partial charge in [-0.2, -0.15) is 0 Å². The molecule has 0 aliphatic rings. The average Bonchev–Trinajstić information content (AvgIpc) is 2.38. The fraction of sp³-hybridized carbons (Fsp3) is 0.600. The van der Waals surface area contributed by atoms with Crippen LogP contribution in [0.1, 0.15) is 31.4 Å². The van der Waals surface area contributed by atoms with Crippen molar-refractivity contribution < 1.29 is 13.2 Å². The number of ether oxygens (including phenoxy) is 1. The van der Waals surface area contributed by atoms with E-state index in [-0.39, 0.29) is 11.4 Å². The van der Waals surface area contributed by atoms with Crippen LogP contribution >= 0.6 is 0 Å². The van der Waals surface area contributed by atoms with Crippen molar-refractivity contribution in [3.63, 3.8) is 0 Å². The molecule has 3 N–H and O–H groups in total. The standard InChI is InChI=1S/C15H26N2O3S/c1-11(2)7-9-20-10-8-17-21(18,19)15-12(3)5-6-14(16)13(15)4/h5-6,11,17H,7-10,16H2,1-4H3. The third kappa shape index (κ3) is 5.30. The molecule has 21 heavy (non-hydrogen) atoms. The van der Waals surface area contributed by atoms with Crippen molar-refractivity contribution >= 4 is 15.7 Å². The Hall–Kier alpha value is -1.11. The number of nitrogens with two attached hydrogens (primary N) is 1. The second-order valence-electron chi connectivity index (χ2n) is 5.62. The van der Waals surface area contributed by atoms with Crippen molar-refractivity contribution in [3.05, 3.63) is 23.3 Å². The van der Waals surface area contributed by atoms with Crippen LogP contribution in [-0.4, -0.2) is 28.2 Å². The summed E-state index contributed by atoms with van der Waals surface area (Å²) in [7, 11) is -3.56. The molecule has 0 amide bonds. The fourth-order valence-electron chi connectivity index (χ4n) is 2.00. The number of aryl methyl sites for hydroxylation is 1. The van der Waals surface area contributed by atoms with Gasteiger partial charge in [0, 0.05) is 18.8 Å². The Morgan fingerprint density at radius 2 is 1.90 bits per heavy atom. The summed E-state index contributed by atoms with van der Waals surface area (Å²) in [6.45, 7) is 9.00. The molecule has 1 aromatic carbocycles. The third-order valence-electron chi connectivity index (χ3n) is 3.29. The van der Waals surface area contributed by atoms with Gasteiger partial charge in [-0.15, -0.1) is 0 Å². The van der Waals surface area contributed by atoms with Gasteiger partial charge >= 0.3 is 0 Å². The highest BCUT2D eigenvalue weighted by atomic mass is 32.2. The molecule has 0 radical (unpaired) electrons. The lowest BCUT2D eigenvalue weighted by atomic mass is 10.1. The fourth-order valence-corrected chi connectivity index (χ4v) is 3.51. The Morgan fingerprint density at radius 1 is 1.24 bits per heavy atom. The number of rotatable bonds is 8. The van der Waals surface area contributed by atoms with E-state index in [2.05, 4.69) is 18.6 Å². The number of anilines is 1. The molecule has 1 aromatic rings. The highest BCUT2D eigenvalue weighted by Gasteiger charge is 2.20. The molecule has 0 bridgehead atoms. The Balaban J connectivity index is 2.61. The van der Waals surface area contributed by atoms with Crippen LogP contribution in [0.2, 0.25) is 0 Å². The van der Waals surface area contributed by atoms with Crippen molar-refractivity contribution in [1.82, 2.24) is 4.72 Å². The Labute approximate surface area is 127 Å². The number of nitrogens with one attached hydrogen (secondary N) is 1. The summed E-state index contributed by atoms with van der Waals surface area (Å²) in [5.74, 6) is 0.583. The lowest BCUT2D eigenvalue weighted by Gasteiger charge is -2.14. The maximum atomic E-state index is 12.3. The molecule has 0 aromatic heterocycles. The van der Waals surface area contributed by atoms with E-state index in [1.54, 1.807) is 26.0 Å². The van der Waals surface area contributed by atoms with Crippen LogP contribution < -0.4 is 10.5 Å². The molecule has 120 valence electrons.